The van der Waals surface area contributed by atoms with Gasteiger partial charge < -0.3 is 16.4 Å². The van der Waals surface area contributed by atoms with Crippen LogP contribution < -0.4 is 16.4 Å². The third-order valence-corrected chi connectivity index (χ3v) is 5.09. The Kier molecular flexibility index (Phi) is 3.94. The lowest BCUT2D eigenvalue weighted by Crippen LogP contribution is -2.46. The molecule has 9 nitrogen and oxygen atoms in total. The fourth-order valence-corrected chi connectivity index (χ4v) is 3.34. The molecule has 2 aromatic rings. The number of imide groups is 1. The highest BCUT2D eigenvalue weighted by molar-refractivity contribution is 6.07. The smallest absolute Gasteiger partial charge is 0.325 e. The number of benzene rings is 1. The SMILES string of the molecule is Cc1ccccc1Nc1nc(N)nc(CN2C(=O)N[C@@](C)(C3CC3)C2=O)n1. The van der Waals surface area contributed by atoms with Crippen LogP contribution in [-0.4, -0.2) is 37.3 Å². The molecule has 140 valence electrons. The van der Waals surface area contributed by atoms with Crippen molar-refractivity contribution in [2.75, 3.05) is 11.1 Å². The number of carbonyl (C=O) groups excluding carboxylic acids is 2. The summed E-state index contributed by atoms with van der Waals surface area (Å²) in [6, 6.07) is 7.25. The van der Waals surface area contributed by atoms with Gasteiger partial charge >= 0.3 is 6.03 Å². The number of nitrogen functional groups attached to an aromatic ring is 1. The van der Waals surface area contributed by atoms with Crippen LogP contribution in [0.3, 0.4) is 0 Å². The van der Waals surface area contributed by atoms with Gasteiger partial charge in [-0.2, -0.15) is 15.0 Å². The Morgan fingerprint density at radius 3 is 2.70 bits per heavy atom. The summed E-state index contributed by atoms with van der Waals surface area (Å²) in [5, 5.41) is 5.91. The Morgan fingerprint density at radius 2 is 2.00 bits per heavy atom. The second-order valence-corrected chi connectivity index (χ2v) is 7.17. The topological polar surface area (TPSA) is 126 Å². The molecule has 1 aromatic carbocycles. The first-order chi connectivity index (χ1) is 12.9. The summed E-state index contributed by atoms with van der Waals surface area (Å²) in [6.45, 7) is 3.68. The molecule has 1 aliphatic carbocycles. The lowest BCUT2D eigenvalue weighted by molar-refractivity contribution is -0.131. The van der Waals surface area contributed by atoms with Gasteiger partial charge in [-0.25, -0.2) is 4.79 Å². The molecule has 1 saturated heterocycles. The molecule has 1 atom stereocenters. The van der Waals surface area contributed by atoms with E-state index in [0.717, 1.165) is 29.0 Å². The second-order valence-electron chi connectivity index (χ2n) is 7.17. The summed E-state index contributed by atoms with van der Waals surface area (Å²) in [5.41, 5.74) is 6.82. The number of aromatic nitrogens is 3. The summed E-state index contributed by atoms with van der Waals surface area (Å²) in [7, 11) is 0. The van der Waals surface area contributed by atoms with Gasteiger partial charge in [-0.05, 0) is 44.2 Å². The van der Waals surface area contributed by atoms with E-state index in [-0.39, 0.29) is 36.1 Å². The highest BCUT2D eigenvalue weighted by atomic mass is 16.2. The second kappa shape index (κ2) is 6.19. The summed E-state index contributed by atoms with van der Waals surface area (Å²) in [4.78, 5) is 38.7. The minimum atomic E-state index is -0.835. The number of nitrogens with two attached hydrogens (primary N) is 1. The van der Waals surface area contributed by atoms with E-state index in [4.69, 9.17) is 5.73 Å². The lowest BCUT2D eigenvalue weighted by Gasteiger charge is -2.20. The number of urea groups is 1. The van der Waals surface area contributed by atoms with E-state index in [2.05, 4.69) is 25.6 Å². The standard InChI is InChI=1S/C18H21N7O2/c1-10-5-3-4-6-12(10)20-16-22-13(21-15(19)23-16)9-25-14(26)18(2,11-7-8-11)24-17(25)27/h3-6,11H,7-9H2,1-2H3,(H,24,27)(H3,19,20,21,22,23)/t18-/m0/s1. The summed E-state index contributed by atoms with van der Waals surface area (Å²) in [6.07, 6.45) is 1.89. The molecule has 3 amide bonds. The van der Waals surface area contributed by atoms with Gasteiger partial charge in [0.05, 0.1) is 6.54 Å². The van der Waals surface area contributed by atoms with Crippen molar-refractivity contribution in [3.63, 3.8) is 0 Å². The maximum Gasteiger partial charge on any atom is 0.325 e. The molecule has 2 fully saturated rings. The zero-order chi connectivity index (χ0) is 19.2. The van der Waals surface area contributed by atoms with Gasteiger partial charge in [0.15, 0.2) is 5.82 Å². The number of anilines is 3. The fourth-order valence-electron chi connectivity index (χ4n) is 3.34. The van der Waals surface area contributed by atoms with Gasteiger partial charge in [-0.3, -0.25) is 9.69 Å². The number of nitrogens with zero attached hydrogens (tertiary/aromatic N) is 4. The third-order valence-electron chi connectivity index (χ3n) is 5.09. The molecule has 2 heterocycles. The van der Waals surface area contributed by atoms with Crippen molar-refractivity contribution in [3.05, 3.63) is 35.7 Å². The molecule has 0 radical (unpaired) electrons. The number of amides is 3. The number of rotatable bonds is 5. The van der Waals surface area contributed by atoms with Crippen LogP contribution in [0.15, 0.2) is 24.3 Å². The van der Waals surface area contributed by atoms with E-state index in [1.54, 1.807) is 6.92 Å². The van der Waals surface area contributed by atoms with E-state index in [1.807, 2.05) is 31.2 Å². The zero-order valence-corrected chi connectivity index (χ0v) is 15.2. The number of aryl methyl sites for hydroxylation is 1. The summed E-state index contributed by atoms with van der Waals surface area (Å²) in [5.74, 6) is 0.488. The first-order valence-electron chi connectivity index (χ1n) is 8.84. The Hall–Kier alpha value is -3.23. The molecule has 0 unspecified atom stereocenters. The molecule has 27 heavy (non-hydrogen) atoms. The van der Waals surface area contributed by atoms with E-state index in [0.29, 0.717) is 0 Å². The van der Waals surface area contributed by atoms with Gasteiger partial charge in [0, 0.05) is 5.69 Å². The van der Waals surface area contributed by atoms with Crippen LogP contribution in [0.4, 0.5) is 22.4 Å². The molecule has 4 N–H and O–H groups in total. The van der Waals surface area contributed by atoms with Crippen molar-refractivity contribution in [2.45, 2.75) is 38.8 Å². The van der Waals surface area contributed by atoms with Gasteiger partial charge in [0.25, 0.3) is 5.91 Å². The van der Waals surface area contributed by atoms with Crippen molar-refractivity contribution >= 4 is 29.5 Å². The number of nitrogens with one attached hydrogen (secondary N) is 2. The van der Waals surface area contributed by atoms with Crippen molar-refractivity contribution < 1.29 is 9.59 Å². The predicted octanol–water partition coefficient (Wildman–Crippen LogP) is 1.73. The summed E-state index contributed by atoms with van der Waals surface area (Å²) < 4.78 is 0. The maximum absolute atomic E-state index is 12.8. The first-order valence-corrected chi connectivity index (χ1v) is 8.84. The zero-order valence-electron chi connectivity index (χ0n) is 15.2. The number of hydrogen-bond acceptors (Lipinski definition) is 7. The van der Waals surface area contributed by atoms with Crippen LogP contribution in [0, 0.1) is 12.8 Å². The van der Waals surface area contributed by atoms with Crippen LogP contribution in [0.1, 0.15) is 31.2 Å². The molecule has 0 spiro atoms. The molecule has 1 saturated carbocycles. The molecular weight excluding hydrogens is 346 g/mol. The van der Waals surface area contributed by atoms with Gasteiger partial charge in [-0.15, -0.1) is 0 Å². The molecule has 9 heteroatoms. The molecule has 1 aliphatic heterocycles. The fraction of sp³-hybridized carbons (Fsp3) is 0.389. The average molecular weight is 367 g/mol. The van der Waals surface area contributed by atoms with Crippen LogP contribution in [-0.2, 0) is 11.3 Å². The first kappa shape index (κ1) is 17.2. The molecule has 2 aliphatic rings. The van der Waals surface area contributed by atoms with Crippen LogP contribution >= 0.6 is 0 Å². The Morgan fingerprint density at radius 1 is 1.26 bits per heavy atom. The number of hydrogen-bond donors (Lipinski definition) is 3. The van der Waals surface area contributed by atoms with Crippen LogP contribution in [0.25, 0.3) is 0 Å². The Bertz CT molecular complexity index is 928. The normalized spacial score (nSPS) is 22.1. The molecule has 0 bridgehead atoms. The summed E-state index contributed by atoms with van der Waals surface area (Å²) >= 11 is 0. The molecule has 1 aromatic heterocycles. The average Bonchev–Trinajstić information content (AvgIpc) is 3.43. The predicted molar refractivity (Wildman–Crippen MR) is 98.9 cm³/mol. The Balaban J connectivity index is 1.56. The van der Waals surface area contributed by atoms with E-state index in [1.165, 1.54) is 0 Å². The van der Waals surface area contributed by atoms with E-state index < -0.39 is 11.6 Å². The van der Waals surface area contributed by atoms with Gasteiger partial charge in [0.1, 0.15) is 5.54 Å². The lowest BCUT2D eigenvalue weighted by atomic mass is 9.96. The van der Waals surface area contributed by atoms with Crippen molar-refractivity contribution in [2.24, 2.45) is 5.92 Å². The Labute approximate surface area is 156 Å². The highest BCUT2D eigenvalue weighted by Gasteiger charge is 2.56. The minimum Gasteiger partial charge on any atom is -0.368 e. The largest absolute Gasteiger partial charge is 0.368 e. The third kappa shape index (κ3) is 3.16. The highest BCUT2D eigenvalue weighted by Crippen LogP contribution is 2.42. The monoisotopic (exact) mass is 367 g/mol. The van der Waals surface area contributed by atoms with E-state index >= 15 is 0 Å². The quantitative estimate of drug-likeness (QED) is 0.687. The van der Waals surface area contributed by atoms with Crippen LogP contribution in [0.5, 0.6) is 0 Å². The van der Waals surface area contributed by atoms with E-state index in [9.17, 15) is 9.59 Å². The number of para-hydroxylation sites is 1. The van der Waals surface area contributed by atoms with Crippen LogP contribution in [0.2, 0.25) is 0 Å². The van der Waals surface area contributed by atoms with Gasteiger partial charge in [-0.1, -0.05) is 18.2 Å². The van der Waals surface area contributed by atoms with Crippen molar-refractivity contribution in [1.29, 1.82) is 0 Å². The maximum atomic E-state index is 12.8. The molecule has 4 rings (SSSR count). The minimum absolute atomic E-state index is 0.0214. The molecular formula is C18H21N7O2. The van der Waals surface area contributed by atoms with Gasteiger partial charge in [0.2, 0.25) is 11.9 Å². The van der Waals surface area contributed by atoms with Crippen molar-refractivity contribution in [1.82, 2.24) is 25.2 Å². The van der Waals surface area contributed by atoms with Crippen molar-refractivity contribution in [3.8, 4) is 0 Å². The number of carbonyl (C=O) groups is 2.